The van der Waals surface area contributed by atoms with Gasteiger partial charge in [0.1, 0.15) is 0 Å². The van der Waals surface area contributed by atoms with Gasteiger partial charge < -0.3 is 10.3 Å². The molecule has 0 bridgehead atoms. The van der Waals surface area contributed by atoms with Crippen LogP contribution >= 0.6 is 11.6 Å². The minimum absolute atomic E-state index is 0.00890. The Kier molecular flexibility index (Phi) is 3.12. The first-order valence-electron chi connectivity index (χ1n) is 5.78. The van der Waals surface area contributed by atoms with Crippen molar-refractivity contribution in [3.05, 3.63) is 53.6 Å². The van der Waals surface area contributed by atoms with E-state index < -0.39 is 5.82 Å². The Labute approximate surface area is 119 Å². The molecule has 2 aromatic heterocycles. The zero-order valence-corrected chi connectivity index (χ0v) is 10.9. The van der Waals surface area contributed by atoms with Crippen molar-refractivity contribution in [3.8, 4) is 22.5 Å². The van der Waals surface area contributed by atoms with E-state index in [9.17, 15) is 4.39 Å². The average molecular weight is 290 g/mol. The molecule has 0 saturated heterocycles. The second kappa shape index (κ2) is 4.94. The zero-order valence-electron chi connectivity index (χ0n) is 10.2. The fraction of sp³-hybridized carbons (Fsp3) is 0. The number of pyridine rings is 1. The smallest absolute Gasteiger partial charge is 0.179 e. The lowest BCUT2D eigenvalue weighted by atomic mass is 10.0. The minimum Gasteiger partial charge on any atom is -0.380 e. The number of nitrogen functional groups attached to an aromatic ring is 1. The highest BCUT2D eigenvalue weighted by molar-refractivity contribution is 6.31. The van der Waals surface area contributed by atoms with Crippen LogP contribution in [0.25, 0.3) is 22.5 Å². The number of anilines is 1. The highest BCUT2D eigenvalue weighted by Crippen LogP contribution is 2.38. The number of halogens is 2. The summed E-state index contributed by atoms with van der Waals surface area (Å²) in [6, 6.07) is 8.19. The number of nitrogens with two attached hydrogens (primary N) is 1. The second-order valence-electron chi connectivity index (χ2n) is 4.12. The molecule has 4 nitrogen and oxygen atoms in total. The lowest BCUT2D eigenvalue weighted by Gasteiger charge is -2.04. The molecule has 0 aliphatic rings. The van der Waals surface area contributed by atoms with Crippen molar-refractivity contribution in [3.63, 3.8) is 0 Å². The fourth-order valence-electron chi connectivity index (χ4n) is 1.96. The van der Waals surface area contributed by atoms with Crippen LogP contribution in [0.1, 0.15) is 0 Å². The van der Waals surface area contributed by atoms with E-state index in [1.807, 2.05) is 0 Å². The molecule has 0 saturated carbocycles. The van der Waals surface area contributed by atoms with Gasteiger partial charge in [-0.1, -0.05) is 28.9 Å². The Morgan fingerprint density at radius 2 is 2.05 bits per heavy atom. The van der Waals surface area contributed by atoms with E-state index in [-0.39, 0.29) is 22.2 Å². The molecule has 2 N–H and O–H groups in total. The first kappa shape index (κ1) is 12.6. The lowest BCUT2D eigenvalue weighted by molar-refractivity contribution is 0.433. The van der Waals surface area contributed by atoms with Gasteiger partial charge in [-0.15, -0.1) is 0 Å². The van der Waals surface area contributed by atoms with Crippen LogP contribution in [0.5, 0.6) is 0 Å². The third-order valence-electron chi connectivity index (χ3n) is 2.86. The summed E-state index contributed by atoms with van der Waals surface area (Å²) < 4.78 is 19.3. The third-order valence-corrected chi connectivity index (χ3v) is 3.16. The number of hydrogen-bond donors (Lipinski definition) is 1. The van der Waals surface area contributed by atoms with Crippen molar-refractivity contribution in [1.82, 2.24) is 10.1 Å². The highest BCUT2D eigenvalue weighted by Gasteiger charge is 2.21. The van der Waals surface area contributed by atoms with Gasteiger partial charge in [0.25, 0.3) is 0 Å². The average Bonchev–Trinajstić information content (AvgIpc) is 2.84. The van der Waals surface area contributed by atoms with E-state index in [4.69, 9.17) is 21.9 Å². The standard InChI is InChI=1S/C14H9ClFN3O/c15-10-5-1-4-9(12(10)16)13-11(14(17)19-20-13)8-3-2-6-18-7-8/h1-7H,(H2,17,19). The molecule has 0 aliphatic heterocycles. The van der Waals surface area contributed by atoms with Crippen LogP contribution in [0.15, 0.2) is 47.2 Å². The predicted molar refractivity (Wildman–Crippen MR) is 74.6 cm³/mol. The molecule has 0 spiro atoms. The fourth-order valence-corrected chi connectivity index (χ4v) is 2.13. The number of benzene rings is 1. The molecule has 0 atom stereocenters. The largest absolute Gasteiger partial charge is 0.380 e. The Hall–Kier alpha value is -2.40. The maximum atomic E-state index is 14.1. The SMILES string of the molecule is Nc1noc(-c2cccc(Cl)c2F)c1-c1cccnc1. The van der Waals surface area contributed by atoms with Crippen LogP contribution in [0.2, 0.25) is 5.02 Å². The summed E-state index contributed by atoms with van der Waals surface area (Å²) in [4.78, 5) is 4.01. The monoisotopic (exact) mass is 289 g/mol. The summed E-state index contributed by atoms with van der Waals surface area (Å²) in [5, 5.41) is 3.71. The summed E-state index contributed by atoms with van der Waals surface area (Å²) >= 11 is 5.79. The van der Waals surface area contributed by atoms with Gasteiger partial charge in [-0.2, -0.15) is 0 Å². The van der Waals surface area contributed by atoms with Crippen molar-refractivity contribution in [2.45, 2.75) is 0 Å². The molecule has 3 aromatic rings. The molecule has 0 radical (unpaired) electrons. The van der Waals surface area contributed by atoms with Crippen LogP contribution in [-0.4, -0.2) is 10.1 Å². The Balaban J connectivity index is 2.24. The normalized spacial score (nSPS) is 10.7. The minimum atomic E-state index is -0.574. The van der Waals surface area contributed by atoms with E-state index in [0.29, 0.717) is 11.1 Å². The molecule has 100 valence electrons. The van der Waals surface area contributed by atoms with E-state index >= 15 is 0 Å². The van der Waals surface area contributed by atoms with Crippen molar-refractivity contribution in [2.24, 2.45) is 0 Å². The summed E-state index contributed by atoms with van der Waals surface area (Å²) in [5.41, 5.74) is 7.21. The number of nitrogens with zero attached hydrogens (tertiary/aromatic N) is 2. The predicted octanol–water partition coefficient (Wildman–Crippen LogP) is 3.78. The molecule has 0 unspecified atom stereocenters. The van der Waals surface area contributed by atoms with Crippen LogP contribution in [0.3, 0.4) is 0 Å². The van der Waals surface area contributed by atoms with Gasteiger partial charge in [0.15, 0.2) is 17.4 Å². The molecule has 0 fully saturated rings. The van der Waals surface area contributed by atoms with Gasteiger partial charge in [0.2, 0.25) is 0 Å². The maximum absolute atomic E-state index is 14.1. The number of aromatic nitrogens is 2. The molecule has 0 amide bonds. The molecule has 2 heterocycles. The van der Waals surface area contributed by atoms with Crippen molar-refractivity contribution in [2.75, 3.05) is 5.73 Å². The van der Waals surface area contributed by atoms with Crippen molar-refractivity contribution >= 4 is 17.4 Å². The summed E-state index contributed by atoms with van der Waals surface area (Å²) in [6.45, 7) is 0. The van der Waals surface area contributed by atoms with Crippen LogP contribution in [0, 0.1) is 5.82 Å². The zero-order chi connectivity index (χ0) is 14.1. The molecular weight excluding hydrogens is 281 g/mol. The van der Waals surface area contributed by atoms with Crippen LogP contribution < -0.4 is 5.73 Å². The van der Waals surface area contributed by atoms with Gasteiger partial charge >= 0.3 is 0 Å². The number of rotatable bonds is 2. The van der Waals surface area contributed by atoms with Gasteiger partial charge in [0, 0.05) is 18.0 Å². The summed E-state index contributed by atoms with van der Waals surface area (Å²) in [5.74, 6) is -0.168. The van der Waals surface area contributed by atoms with Gasteiger partial charge in [-0.25, -0.2) is 4.39 Å². The Bertz CT molecular complexity index is 758. The van der Waals surface area contributed by atoms with Crippen LogP contribution in [0.4, 0.5) is 10.2 Å². The Morgan fingerprint density at radius 1 is 1.20 bits per heavy atom. The second-order valence-corrected chi connectivity index (χ2v) is 4.52. The van der Waals surface area contributed by atoms with E-state index in [2.05, 4.69) is 10.1 Å². The Morgan fingerprint density at radius 3 is 2.80 bits per heavy atom. The molecule has 0 aliphatic carbocycles. The van der Waals surface area contributed by atoms with Crippen LogP contribution in [-0.2, 0) is 0 Å². The molecular formula is C14H9ClFN3O. The lowest BCUT2D eigenvalue weighted by Crippen LogP contribution is -1.91. The van der Waals surface area contributed by atoms with Crippen molar-refractivity contribution in [1.29, 1.82) is 0 Å². The quantitative estimate of drug-likeness (QED) is 0.780. The topological polar surface area (TPSA) is 64.9 Å². The highest BCUT2D eigenvalue weighted by atomic mass is 35.5. The molecule has 20 heavy (non-hydrogen) atoms. The maximum Gasteiger partial charge on any atom is 0.179 e. The number of hydrogen-bond acceptors (Lipinski definition) is 4. The van der Waals surface area contributed by atoms with E-state index in [1.54, 1.807) is 36.7 Å². The first-order valence-corrected chi connectivity index (χ1v) is 6.16. The van der Waals surface area contributed by atoms with E-state index in [1.165, 1.54) is 6.07 Å². The molecule has 3 rings (SSSR count). The van der Waals surface area contributed by atoms with Crippen molar-refractivity contribution < 1.29 is 8.91 Å². The third kappa shape index (κ3) is 2.02. The van der Waals surface area contributed by atoms with Gasteiger partial charge in [-0.3, -0.25) is 4.98 Å². The summed E-state index contributed by atoms with van der Waals surface area (Å²) in [7, 11) is 0. The molecule has 6 heteroatoms. The first-order chi connectivity index (χ1) is 9.68. The van der Waals surface area contributed by atoms with Gasteiger partial charge in [0.05, 0.1) is 16.1 Å². The van der Waals surface area contributed by atoms with E-state index in [0.717, 1.165) is 0 Å². The van der Waals surface area contributed by atoms with Gasteiger partial charge in [-0.05, 0) is 18.2 Å². The molecule has 1 aromatic carbocycles. The summed E-state index contributed by atoms with van der Waals surface area (Å²) in [6.07, 6.45) is 3.24.